The van der Waals surface area contributed by atoms with Gasteiger partial charge in [-0.2, -0.15) is 0 Å². The number of aromatic hydroxyl groups is 1. The van der Waals surface area contributed by atoms with Crippen LogP contribution < -0.4 is 9.46 Å². The number of benzene rings is 3. The Kier molecular flexibility index (Phi) is 5.87. The third kappa shape index (κ3) is 4.62. The van der Waals surface area contributed by atoms with Crippen LogP contribution in [0.5, 0.6) is 11.5 Å². The lowest BCUT2D eigenvalue weighted by Crippen LogP contribution is -2.13. The summed E-state index contributed by atoms with van der Waals surface area (Å²) in [6, 6.07) is 17.6. The average molecular weight is 417 g/mol. The molecule has 6 nitrogen and oxygen atoms in total. The number of rotatable bonds is 6. The van der Waals surface area contributed by atoms with Crippen LogP contribution in [0.4, 0.5) is 11.4 Å². The van der Waals surface area contributed by atoms with Crippen LogP contribution in [-0.2, 0) is 10.0 Å². The average Bonchev–Trinajstić information content (AvgIpc) is 2.68. The monoisotopic (exact) mass is 416 g/mol. The number of nitrogens with zero attached hydrogens (tertiary/aromatic N) is 1. The van der Waals surface area contributed by atoms with Gasteiger partial charge in [-0.1, -0.05) is 23.7 Å². The second kappa shape index (κ2) is 8.33. The molecule has 0 unspecified atom stereocenters. The summed E-state index contributed by atoms with van der Waals surface area (Å²) in [5.74, 6) is 0.690. The van der Waals surface area contributed by atoms with E-state index in [1.807, 2.05) is 0 Å². The lowest BCUT2D eigenvalue weighted by molar-refractivity contribution is 0.415. The first-order valence-corrected chi connectivity index (χ1v) is 10.0. The molecule has 0 fully saturated rings. The summed E-state index contributed by atoms with van der Waals surface area (Å²) in [5.41, 5.74) is 1.26. The number of sulfonamides is 1. The van der Waals surface area contributed by atoms with Crippen LogP contribution in [0.1, 0.15) is 5.56 Å². The van der Waals surface area contributed by atoms with E-state index in [0.717, 1.165) is 0 Å². The van der Waals surface area contributed by atoms with E-state index in [2.05, 4.69) is 9.71 Å². The number of ether oxygens (including phenoxy) is 1. The molecule has 0 radical (unpaired) electrons. The van der Waals surface area contributed by atoms with Crippen LogP contribution in [0, 0.1) is 0 Å². The highest BCUT2D eigenvalue weighted by atomic mass is 35.5. The van der Waals surface area contributed by atoms with E-state index in [0.29, 0.717) is 22.7 Å². The number of aliphatic imine (C=N–C) groups is 1. The molecule has 3 aromatic carbocycles. The number of hydrogen-bond donors (Lipinski definition) is 2. The third-order valence-corrected chi connectivity index (χ3v) is 5.70. The number of phenolic OH excluding ortho intramolecular Hbond substituents is 1. The Bertz CT molecular complexity index is 1110. The second-order valence-corrected chi connectivity index (χ2v) is 7.82. The molecule has 3 aromatic rings. The summed E-state index contributed by atoms with van der Waals surface area (Å²) in [4.78, 5) is 4.13. The number of para-hydroxylation sites is 1. The molecule has 2 N–H and O–H groups in total. The van der Waals surface area contributed by atoms with E-state index in [1.165, 1.54) is 31.5 Å². The molecule has 8 heteroatoms. The summed E-state index contributed by atoms with van der Waals surface area (Å²) < 4.78 is 33.0. The first-order chi connectivity index (χ1) is 13.4. The Morgan fingerprint density at radius 3 is 2.46 bits per heavy atom. The van der Waals surface area contributed by atoms with E-state index >= 15 is 0 Å². The van der Waals surface area contributed by atoms with Gasteiger partial charge in [-0.25, -0.2) is 8.42 Å². The molecular formula is C20H17ClN2O4S. The molecule has 0 amide bonds. The van der Waals surface area contributed by atoms with Crippen LogP contribution in [0.15, 0.2) is 76.6 Å². The van der Waals surface area contributed by atoms with Crippen LogP contribution in [0.25, 0.3) is 0 Å². The number of methoxy groups -OCH3 is 1. The van der Waals surface area contributed by atoms with Gasteiger partial charge in [0.1, 0.15) is 16.4 Å². The van der Waals surface area contributed by atoms with Gasteiger partial charge >= 0.3 is 0 Å². The van der Waals surface area contributed by atoms with Crippen LogP contribution in [0.3, 0.4) is 0 Å². The van der Waals surface area contributed by atoms with Gasteiger partial charge in [-0.15, -0.1) is 0 Å². The largest absolute Gasteiger partial charge is 0.507 e. The molecule has 28 heavy (non-hydrogen) atoms. The Labute approximate surface area is 168 Å². The molecule has 144 valence electrons. The van der Waals surface area contributed by atoms with Crippen molar-refractivity contribution in [1.82, 2.24) is 0 Å². The fourth-order valence-corrected chi connectivity index (χ4v) is 3.97. The smallest absolute Gasteiger partial charge is 0.263 e. The van der Waals surface area contributed by atoms with E-state index in [4.69, 9.17) is 16.3 Å². The molecule has 0 saturated carbocycles. The van der Waals surface area contributed by atoms with Crippen LogP contribution >= 0.6 is 11.6 Å². The maximum absolute atomic E-state index is 12.7. The van der Waals surface area contributed by atoms with Crippen molar-refractivity contribution in [2.75, 3.05) is 11.8 Å². The minimum absolute atomic E-state index is 0.0718. The molecule has 0 spiro atoms. The summed E-state index contributed by atoms with van der Waals surface area (Å²) in [6.07, 6.45) is 1.45. The number of nitrogens with one attached hydrogen (secondary N) is 1. The Hall–Kier alpha value is -3.03. The molecule has 0 saturated heterocycles. The minimum Gasteiger partial charge on any atom is -0.507 e. The van der Waals surface area contributed by atoms with Gasteiger partial charge in [0.2, 0.25) is 0 Å². The van der Waals surface area contributed by atoms with Gasteiger partial charge in [-0.05, 0) is 54.6 Å². The van der Waals surface area contributed by atoms with Gasteiger partial charge < -0.3 is 9.84 Å². The molecule has 0 aliphatic carbocycles. The standard InChI is InChI=1S/C20H17ClN2O4S/c1-27-17-9-6-15(7-10-17)23-28(25,26)20-12-16(8-11-18(20)21)22-13-14-4-2-3-5-19(14)24/h2-13,23-24H,1H3. The van der Waals surface area contributed by atoms with Gasteiger partial charge in [-0.3, -0.25) is 9.71 Å². The van der Waals surface area contributed by atoms with Gasteiger partial charge in [0.25, 0.3) is 10.0 Å². The molecule has 0 atom stereocenters. The van der Waals surface area contributed by atoms with E-state index in [9.17, 15) is 13.5 Å². The highest BCUT2D eigenvalue weighted by Crippen LogP contribution is 2.29. The molecule has 3 rings (SSSR count). The second-order valence-electron chi connectivity index (χ2n) is 5.77. The number of anilines is 1. The summed E-state index contributed by atoms with van der Waals surface area (Å²) in [7, 11) is -2.40. The summed E-state index contributed by atoms with van der Waals surface area (Å²) in [6.45, 7) is 0. The first-order valence-electron chi connectivity index (χ1n) is 8.17. The molecule has 0 aromatic heterocycles. The first kappa shape index (κ1) is 19.7. The van der Waals surface area contributed by atoms with Crippen molar-refractivity contribution >= 4 is 39.2 Å². The van der Waals surface area contributed by atoms with Crippen molar-refractivity contribution in [2.24, 2.45) is 4.99 Å². The normalized spacial score (nSPS) is 11.5. The molecule has 0 heterocycles. The molecule has 0 bridgehead atoms. The van der Waals surface area contributed by atoms with Crippen molar-refractivity contribution in [3.05, 3.63) is 77.3 Å². The molecular weight excluding hydrogens is 400 g/mol. The quantitative estimate of drug-likeness (QED) is 0.574. The Morgan fingerprint density at radius 2 is 1.79 bits per heavy atom. The fourth-order valence-electron chi connectivity index (χ4n) is 2.39. The van der Waals surface area contributed by atoms with Crippen LogP contribution in [-0.4, -0.2) is 26.8 Å². The van der Waals surface area contributed by atoms with Crippen molar-refractivity contribution < 1.29 is 18.3 Å². The zero-order valence-electron chi connectivity index (χ0n) is 14.8. The van der Waals surface area contributed by atoms with Gasteiger partial charge in [0.15, 0.2) is 0 Å². The SMILES string of the molecule is COc1ccc(NS(=O)(=O)c2cc(N=Cc3ccccc3O)ccc2Cl)cc1. The van der Waals surface area contributed by atoms with Crippen molar-refractivity contribution in [1.29, 1.82) is 0 Å². The predicted molar refractivity (Wildman–Crippen MR) is 111 cm³/mol. The zero-order valence-corrected chi connectivity index (χ0v) is 16.4. The lowest BCUT2D eigenvalue weighted by Gasteiger charge is -2.10. The van der Waals surface area contributed by atoms with Crippen LogP contribution in [0.2, 0.25) is 5.02 Å². The van der Waals surface area contributed by atoms with Crippen molar-refractivity contribution in [3.8, 4) is 11.5 Å². The fraction of sp³-hybridized carbons (Fsp3) is 0.0500. The lowest BCUT2D eigenvalue weighted by atomic mass is 10.2. The predicted octanol–water partition coefficient (Wildman–Crippen LogP) is 4.61. The van der Waals surface area contributed by atoms with Crippen molar-refractivity contribution in [2.45, 2.75) is 4.90 Å². The molecule has 0 aliphatic rings. The topological polar surface area (TPSA) is 88.0 Å². The summed E-state index contributed by atoms with van der Waals surface area (Å²) in [5, 5.41) is 9.86. The number of phenols is 1. The third-order valence-electron chi connectivity index (χ3n) is 3.84. The zero-order chi connectivity index (χ0) is 20.1. The maximum Gasteiger partial charge on any atom is 0.263 e. The maximum atomic E-state index is 12.7. The van der Waals surface area contributed by atoms with E-state index in [-0.39, 0.29) is 15.7 Å². The van der Waals surface area contributed by atoms with Gasteiger partial charge in [0, 0.05) is 17.5 Å². The highest BCUT2D eigenvalue weighted by molar-refractivity contribution is 7.92. The van der Waals surface area contributed by atoms with Gasteiger partial charge in [0.05, 0.1) is 17.8 Å². The number of halogens is 1. The highest BCUT2D eigenvalue weighted by Gasteiger charge is 2.19. The van der Waals surface area contributed by atoms with E-state index in [1.54, 1.807) is 48.5 Å². The molecule has 0 aliphatic heterocycles. The number of hydrogen-bond acceptors (Lipinski definition) is 5. The minimum atomic E-state index is -3.92. The Morgan fingerprint density at radius 1 is 1.07 bits per heavy atom. The van der Waals surface area contributed by atoms with Crippen molar-refractivity contribution in [3.63, 3.8) is 0 Å². The van der Waals surface area contributed by atoms with E-state index < -0.39 is 10.0 Å². The Balaban J connectivity index is 1.88. The summed E-state index contributed by atoms with van der Waals surface area (Å²) >= 11 is 6.11.